The highest BCUT2D eigenvalue weighted by atomic mass is 16.5. The lowest BCUT2D eigenvalue weighted by Crippen LogP contribution is -2.41. The number of rotatable bonds is 6. The van der Waals surface area contributed by atoms with E-state index in [1.54, 1.807) is 0 Å². The van der Waals surface area contributed by atoms with E-state index >= 15 is 0 Å². The molecule has 8 heteroatoms. The molecule has 0 spiro atoms. The first-order chi connectivity index (χ1) is 20.5. The van der Waals surface area contributed by atoms with Crippen LogP contribution < -0.4 is 15.5 Å². The van der Waals surface area contributed by atoms with E-state index in [0.29, 0.717) is 0 Å². The summed E-state index contributed by atoms with van der Waals surface area (Å²) in [5.74, 6) is 0.836. The Hall–Kier alpha value is -4.95. The monoisotopic (exact) mass is 555 g/mol. The number of imidazole rings is 1. The number of hydrogen-bond acceptors (Lipinski definition) is 7. The molecule has 1 unspecified atom stereocenters. The second kappa shape index (κ2) is 10.8. The van der Waals surface area contributed by atoms with Crippen molar-refractivity contribution >= 4 is 50.4 Å². The molecule has 42 heavy (non-hydrogen) atoms. The predicted molar refractivity (Wildman–Crippen MR) is 171 cm³/mol. The van der Waals surface area contributed by atoms with Gasteiger partial charge in [-0.05, 0) is 99.6 Å². The first-order valence-corrected chi connectivity index (χ1v) is 14.3. The number of pyridine rings is 2. The van der Waals surface area contributed by atoms with Crippen molar-refractivity contribution < 1.29 is 4.74 Å². The topological polar surface area (TPSA) is 91.0 Å². The smallest absolute Gasteiger partial charge is 0.138 e. The predicted octanol–water partition coefficient (Wildman–Crippen LogP) is 7.50. The number of nitrogens with one attached hydrogen (secondary N) is 3. The van der Waals surface area contributed by atoms with Gasteiger partial charge in [0.05, 0.1) is 29.3 Å². The molecular formula is C34H33N7O. The minimum absolute atomic E-state index is 0.226. The molecule has 3 N–H and O–H groups in total. The summed E-state index contributed by atoms with van der Waals surface area (Å²) < 4.78 is 5.75. The van der Waals surface area contributed by atoms with E-state index in [9.17, 15) is 0 Å². The Labute approximate surface area is 244 Å². The van der Waals surface area contributed by atoms with Crippen LogP contribution in [0.4, 0.5) is 28.4 Å². The van der Waals surface area contributed by atoms with Gasteiger partial charge in [0, 0.05) is 70.1 Å². The van der Waals surface area contributed by atoms with Crippen molar-refractivity contribution in [3.8, 4) is 11.4 Å². The van der Waals surface area contributed by atoms with Gasteiger partial charge in [-0.3, -0.25) is 9.97 Å². The Morgan fingerprint density at radius 1 is 0.810 bits per heavy atom. The van der Waals surface area contributed by atoms with E-state index in [4.69, 9.17) is 14.7 Å². The largest absolute Gasteiger partial charge is 0.375 e. The maximum atomic E-state index is 5.75. The summed E-state index contributed by atoms with van der Waals surface area (Å²) >= 11 is 0. The number of hydrogen-bond donors (Lipinski definition) is 3. The van der Waals surface area contributed by atoms with Crippen LogP contribution in [0.5, 0.6) is 0 Å². The molecule has 1 aliphatic rings. The van der Waals surface area contributed by atoms with Crippen LogP contribution in [0.1, 0.15) is 18.3 Å². The normalized spacial score (nSPS) is 15.3. The molecule has 6 aromatic rings. The minimum Gasteiger partial charge on any atom is -0.375 e. The van der Waals surface area contributed by atoms with E-state index in [1.807, 2.05) is 44.3 Å². The first kappa shape index (κ1) is 26.0. The summed E-state index contributed by atoms with van der Waals surface area (Å²) in [6.45, 7) is 8.67. The quantitative estimate of drug-likeness (QED) is 0.196. The number of anilines is 5. The number of fused-ring (bicyclic) bond motifs is 2. The van der Waals surface area contributed by atoms with Gasteiger partial charge in [-0.1, -0.05) is 0 Å². The van der Waals surface area contributed by atoms with Gasteiger partial charge in [-0.25, -0.2) is 4.98 Å². The van der Waals surface area contributed by atoms with E-state index < -0.39 is 0 Å². The van der Waals surface area contributed by atoms with Crippen molar-refractivity contribution in [1.29, 1.82) is 0 Å². The number of H-pyrrole nitrogens is 1. The lowest BCUT2D eigenvalue weighted by atomic mass is 10.1. The first-order valence-electron chi connectivity index (χ1n) is 14.3. The van der Waals surface area contributed by atoms with Gasteiger partial charge in [0.25, 0.3) is 0 Å². The van der Waals surface area contributed by atoms with Crippen molar-refractivity contribution in [3.05, 3.63) is 96.4 Å². The molecule has 0 bridgehead atoms. The van der Waals surface area contributed by atoms with Gasteiger partial charge in [0.15, 0.2) is 0 Å². The Bertz CT molecular complexity index is 1900. The van der Waals surface area contributed by atoms with Gasteiger partial charge in [0.1, 0.15) is 5.82 Å². The number of morpholine rings is 1. The highest BCUT2D eigenvalue weighted by Gasteiger charge is 2.18. The molecule has 8 nitrogen and oxygen atoms in total. The molecule has 1 saturated heterocycles. The Balaban J connectivity index is 1.12. The maximum Gasteiger partial charge on any atom is 0.138 e. The summed E-state index contributed by atoms with van der Waals surface area (Å²) in [4.78, 5) is 19.8. The van der Waals surface area contributed by atoms with Crippen molar-refractivity contribution in [2.24, 2.45) is 0 Å². The highest BCUT2D eigenvalue weighted by molar-refractivity contribution is 5.95. The van der Waals surface area contributed by atoms with Crippen molar-refractivity contribution in [3.63, 3.8) is 0 Å². The zero-order valence-corrected chi connectivity index (χ0v) is 24.0. The van der Waals surface area contributed by atoms with E-state index in [2.05, 4.69) is 87.0 Å². The van der Waals surface area contributed by atoms with Gasteiger partial charge in [-0.15, -0.1) is 0 Å². The average molecular weight is 556 g/mol. The third kappa shape index (κ3) is 5.36. The summed E-state index contributed by atoms with van der Waals surface area (Å²) in [6.07, 6.45) is 2.04. The third-order valence-electron chi connectivity index (χ3n) is 7.63. The van der Waals surface area contributed by atoms with E-state index in [1.165, 1.54) is 5.69 Å². The molecule has 7 rings (SSSR count). The minimum atomic E-state index is 0.226. The van der Waals surface area contributed by atoms with Gasteiger partial charge >= 0.3 is 0 Å². The second-order valence-electron chi connectivity index (χ2n) is 11.0. The molecule has 0 aliphatic carbocycles. The summed E-state index contributed by atoms with van der Waals surface area (Å²) in [7, 11) is 0. The molecule has 3 aromatic carbocycles. The number of aromatic nitrogens is 4. The van der Waals surface area contributed by atoms with Crippen LogP contribution in [0, 0.1) is 13.8 Å². The molecule has 210 valence electrons. The number of aryl methyl sites for hydroxylation is 2. The number of ether oxygens (including phenoxy) is 1. The fraction of sp³-hybridized carbons (Fsp3) is 0.206. The summed E-state index contributed by atoms with van der Waals surface area (Å²) in [5.41, 5.74) is 11.1. The van der Waals surface area contributed by atoms with E-state index in [-0.39, 0.29) is 6.10 Å². The number of aromatic amines is 1. The Morgan fingerprint density at radius 2 is 1.62 bits per heavy atom. The van der Waals surface area contributed by atoms with Crippen LogP contribution in [0.15, 0.2) is 85.1 Å². The SMILES string of the molecule is Cc1cc(Nc2ccc3nc(-c4ccc(Nc5cc(C)nc6ccc(N7CCOC(C)C7)cc56)cc4)[nH]c3c2)ccn1. The summed E-state index contributed by atoms with van der Waals surface area (Å²) in [5, 5.41) is 8.19. The molecule has 1 fully saturated rings. The molecule has 0 radical (unpaired) electrons. The zero-order chi connectivity index (χ0) is 28.6. The number of nitrogens with zero attached hydrogens (tertiary/aromatic N) is 4. The zero-order valence-electron chi connectivity index (χ0n) is 24.0. The van der Waals surface area contributed by atoms with Crippen LogP contribution >= 0.6 is 0 Å². The van der Waals surface area contributed by atoms with E-state index in [0.717, 1.165) is 87.2 Å². The molecule has 0 amide bonds. The fourth-order valence-corrected chi connectivity index (χ4v) is 5.58. The third-order valence-corrected chi connectivity index (χ3v) is 7.63. The van der Waals surface area contributed by atoms with Crippen molar-refractivity contribution in [1.82, 2.24) is 19.9 Å². The van der Waals surface area contributed by atoms with Gasteiger partial charge in [-0.2, -0.15) is 0 Å². The second-order valence-corrected chi connectivity index (χ2v) is 11.0. The van der Waals surface area contributed by atoms with Crippen LogP contribution in [0.25, 0.3) is 33.3 Å². The lowest BCUT2D eigenvalue weighted by Gasteiger charge is -2.33. The van der Waals surface area contributed by atoms with Crippen LogP contribution in [0.3, 0.4) is 0 Å². The average Bonchev–Trinajstić information content (AvgIpc) is 3.41. The molecule has 1 aliphatic heterocycles. The van der Waals surface area contributed by atoms with Crippen molar-refractivity contribution in [2.45, 2.75) is 26.9 Å². The Kier molecular flexibility index (Phi) is 6.68. The number of benzene rings is 3. The molecule has 4 heterocycles. The standard InChI is InChI=1S/C34H33N7O/c1-21-16-27(12-13-35-21)37-26-8-10-31-33(18-26)40-34(39-31)24-4-6-25(7-5-24)38-32-17-22(2)36-30-11-9-28(19-29(30)32)41-14-15-42-23(3)20-41/h4-13,16-19,23H,14-15,20H2,1-3H3,(H,35,37)(H,36,38)(H,39,40). The fourth-order valence-electron chi connectivity index (χ4n) is 5.58. The molecular weight excluding hydrogens is 522 g/mol. The Morgan fingerprint density at radius 3 is 2.45 bits per heavy atom. The lowest BCUT2D eigenvalue weighted by molar-refractivity contribution is 0.0532. The molecule has 3 aromatic heterocycles. The van der Waals surface area contributed by atoms with Gasteiger partial charge < -0.3 is 25.3 Å². The van der Waals surface area contributed by atoms with Crippen LogP contribution in [0.2, 0.25) is 0 Å². The van der Waals surface area contributed by atoms with Gasteiger partial charge in [0.2, 0.25) is 0 Å². The highest BCUT2D eigenvalue weighted by Crippen LogP contribution is 2.32. The maximum absolute atomic E-state index is 5.75. The van der Waals surface area contributed by atoms with Crippen molar-refractivity contribution in [2.75, 3.05) is 35.2 Å². The molecule has 0 saturated carbocycles. The van der Waals surface area contributed by atoms with Crippen LogP contribution in [-0.2, 0) is 4.74 Å². The van der Waals surface area contributed by atoms with Crippen LogP contribution in [-0.4, -0.2) is 45.7 Å². The molecule has 1 atom stereocenters. The summed E-state index contributed by atoms with van der Waals surface area (Å²) in [6, 6.07) is 27.2.